The lowest BCUT2D eigenvalue weighted by molar-refractivity contribution is -0.144. The number of carbonyl (C=O) groups is 3. The van der Waals surface area contributed by atoms with Crippen molar-refractivity contribution in [2.24, 2.45) is 0 Å². The molecule has 2 aromatic rings. The maximum absolute atomic E-state index is 12.9. The molecule has 0 aliphatic rings. The molecule has 0 saturated heterocycles. The third-order valence-corrected chi connectivity index (χ3v) is 5.83. The number of esters is 1. The van der Waals surface area contributed by atoms with Gasteiger partial charge < -0.3 is 19.7 Å². The zero-order valence-corrected chi connectivity index (χ0v) is 25.2. The van der Waals surface area contributed by atoms with Crippen LogP contribution < -0.4 is 15.5 Å². The van der Waals surface area contributed by atoms with E-state index in [4.69, 9.17) is 14.9 Å². The third kappa shape index (κ3) is 11.0. The number of alkyl carbamates (subject to hydrolysis) is 1. The number of nitrogens with zero attached hydrogens (tertiary/aromatic N) is 1. The van der Waals surface area contributed by atoms with Crippen LogP contribution in [0.15, 0.2) is 36.4 Å². The Morgan fingerprint density at radius 3 is 2.29 bits per heavy atom. The number of aryl methyl sites for hydroxylation is 2. The van der Waals surface area contributed by atoms with Gasteiger partial charge >= 0.3 is 12.1 Å². The van der Waals surface area contributed by atoms with E-state index in [9.17, 15) is 14.4 Å². The minimum absolute atomic E-state index is 0.0434. The van der Waals surface area contributed by atoms with Crippen molar-refractivity contribution in [3.63, 3.8) is 0 Å². The van der Waals surface area contributed by atoms with Crippen LogP contribution >= 0.6 is 0 Å². The van der Waals surface area contributed by atoms with Gasteiger partial charge in [0.25, 0.3) is 0 Å². The molecule has 3 N–H and O–H groups in total. The van der Waals surface area contributed by atoms with E-state index in [-0.39, 0.29) is 30.6 Å². The summed E-state index contributed by atoms with van der Waals surface area (Å²) in [6.45, 7) is 14.2. The molecule has 0 unspecified atom stereocenters. The summed E-state index contributed by atoms with van der Waals surface area (Å²) in [5, 5.41) is 13.7. The molecule has 0 spiro atoms. The Kier molecular flexibility index (Phi) is 12.4. The smallest absolute Gasteiger partial charge is 0.413 e. The molecule has 0 heterocycles. The summed E-state index contributed by atoms with van der Waals surface area (Å²) in [5.41, 5.74) is 4.33. The van der Waals surface area contributed by atoms with Gasteiger partial charge in [-0.15, -0.1) is 0 Å². The van der Waals surface area contributed by atoms with Crippen LogP contribution in [-0.2, 0) is 19.1 Å². The number of amides is 2. The van der Waals surface area contributed by atoms with Gasteiger partial charge in [0.15, 0.2) is 0 Å². The van der Waals surface area contributed by atoms with E-state index < -0.39 is 11.7 Å². The molecule has 0 atom stereocenters. The molecule has 2 rings (SSSR count). The predicted octanol–water partition coefficient (Wildman–Crippen LogP) is 5.70. The SMILES string of the molecule is CCCN(C(=O)CCC(=O)OCC)c1cc(C)c(C#CCNc2ccc(C(=N)NC(=O)OC(C)(C)C)cc2)cc1C. The molecule has 9 nitrogen and oxygen atoms in total. The Morgan fingerprint density at radius 1 is 1.00 bits per heavy atom. The lowest BCUT2D eigenvalue weighted by Gasteiger charge is -2.25. The standard InChI is InChI=1S/C32H42N4O5/c1-8-19-36(28(37)16-17-29(38)40-9-2)27-21-22(3)25(20-23(27)4)11-10-18-34-26-14-12-24(13-15-26)30(33)35-31(39)41-32(5,6)7/h12-15,20-21,34H,8-9,16-19H2,1-7H3,(H2,33,35,39). The first kappa shape index (κ1) is 32.9. The Morgan fingerprint density at radius 2 is 1.68 bits per heavy atom. The van der Waals surface area contributed by atoms with Crippen LogP contribution in [0.4, 0.5) is 16.2 Å². The first-order valence-corrected chi connectivity index (χ1v) is 13.8. The van der Waals surface area contributed by atoms with Gasteiger partial charge in [-0.05, 0) is 95.5 Å². The van der Waals surface area contributed by atoms with Gasteiger partial charge in [-0.2, -0.15) is 0 Å². The number of amidine groups is 1. The maximum atomic E-state index is 12.9. The summed E-state index contributed by atoms with van der Waals surface area (Å²) < 4.78 is 10.1. The van der Waals surface area contributed by atoms with Crippen LogP contribution in [0.25, 0.3) is 0 Å². The average Bonchev–Trinajstić information content (AvgIpc) is 2.89. The number of benzene rings is 2. The zero-order chi connectivity index (χ0) is 30.6. The number of nitrogens with one attached hydrogen (secondary N) is 3. The summed E-state index contributed by atoms with van der Waals surface area (Å²) in [4.78, 5) is 38.3. The lowest BCUT2D eigenvalue weighted by atomic mass is 10.0. The Bertz CT molecular complexity index is 1300. The molecular formula is C32H42N4O5. The third-order valence-electron chi connectivity index (χ3n) is 5.83. The summed E-state index contributed by atoms with van der Waals surface area (Å²) in [7, 11) is 0. The Labute approximate surface area is 243 Å². The molecule has 0 bridgehead atoms. The molecule has 0 aromatic heterocycles. The second-order valence-corrected chi connectivity index (χ2v) is 10.5. The van der Waals surface area contributed by atoms with Gasteiger partial charge in [-0.25, -0.2) is 4.79 Å². The number of ether oxygens (including phenoxy) is 2. The second-order valence-electron chi connectivity index (χ2n) is 10.5. The van der Waals surface area contributed by atoms with Crippen molar-refractivity contribution in [1.82, 2.24) is 5.32 Å². The van der Waals surface area contributed by atoms with Gasteiger partial charge in [-0.1, -0.05) is 18.8 Å². The lowest BCUT2D eigenvalue weighted by Crippen LogP contribution is -2.36. The molecule has 220 valence electrons. The molecule has 2 aromatic carbocycles. The van der Waals surface area contributed by atoms with Crippen molar-refractivity contribution < 1.29 is 23.9 Å². The van der Waals surface area contributed by atoms with E-state index in [0.29, 0.717) is 25.3 Å². The molecule has 0 saturated carbocycles. The molecule has 41 heavy (non-hydrogen) atoms. The molecule has 0 radical (unpaired) electrons. The molecular weight excluding hydrogens is 520 g/mol. The monoisotopic (exact) mass is 562 g/mol. The molecule has 0 aliphatic heterocycles. The fraction of sp³-hybridized carbons (Fsp3) is 0.438. The van der Waals surface area contributed by atoms with Gasteiger partial charge in [0.2, 0.25) is 5.91 Å². The zero-order valence-electron chi connectivity index (χ0n) is 25.2. The van der Waals surface area contributed by atoms with Crippen molar-refractivity contribution in [3.8, 4) is 11.8 Å². The molecule has 9 heteroatoms. The van der Waals surface area contributed by atoms with E-state index in [1.807, 2.05) is 45.0 Å². The van der Waals surface area contributed by atoms with Gasteiger partial charge in [0.1, 0.15) is 11.4 Å². The highest BCUT2D eigenvalue weighted by molar-refractivity contribution is 6.04. The Hall–Kier alpha value is -4.32. The van der Waals surface area contributed by atoms with E-state index in [0.717, 1.165) is 34.5 Å². The fourth-order valence-electron chi connectivity index (χ4n) is 3.92. The van der Waals surface area contributed by atoms with Crippen molar-refractivity contribution in [1.29, 1.82) is 5.41 Å². The van der Waals surface area contributed by atoms with Crippen LogP contribution in [0.3, 0.4) is 0 Å². The number of hydrogen-bond acceptors (Lipinski definition) is 7. The number of carbonyl (C=O) groups excluding carboxylic acids is 3. The highest BCUT2D eigenvalue weighted by Crippen LogP contribution is 2.25. The quantitative estimate of drug-likeness (QED) is 0.148. The molecule has 2 amide bonds. The highest BCUT2D eigenvalue weighted by atomic mass is 16.6. The first-order valence-electron chi connectivity index (χ1n) is 13.8. The number of hydrogen-bond donors (Lipinski definition) is 3. The average molecular weight is 563 g/mol. The highest BCUT2D eigenvalue weighted by Gasteiger charge is 2.20. The van der Waals surface area contributed by atoms with E-state index in [1.54, 1.807) is 44.7 Å². The number of rotatable bonds is 10. The van der Waals surface area contributed by atoms with Crippen LogP contribution in [0.5, 0.6) is 0 Å². The van der Waals surface area contributed by atoms with E-state index in [2.05, 4.69) is 22.5 Å². The first-order chi connectivity index (χ1) is 19.3. The second kappa shape index (κ2) is 15.5. The summed E-state index contributed by atoms with van der Waals surface area (Å²) in [5.74, 6) is 5.82. The minimum atomic E-state index is -0.669. The van der Waals surface area contributed by atoms with Crippen LogP contribution in [0.2, 0.25) is 0 Å². The van der Waals surface area contributed by atoms with Crippen molar-refractivity contribution in [2.75, 3.05) is 29.9 Å². The van der Waals surface area contributed by atoms with E-state index >= 15 is 0 Å². The largest absolute Gasteiger partial charge is 0.466 e. The predicted molar refractivity (Wildman–Crippen MR) is 162 cm³/mol. The van der Waals surface area contributed by atoms with Crippen LogP contribution in [-0.4, -0.2) is 49.1 Å². The summed E-state index contributed by atoms with van der Waals surface area (Å²) >= 11 is 0. The van der Waals surface area contributed by atoms with Crippen molar-refractivity contribution >= 4 is 35.2 Å². The summed E-state index contributed by atoms with van der Waals surface area (Å²) in [6.07, 6.45) is 0.291. The number of anilines is 2. The van der Waals surface area contributed by atoms with E-state index in [1.165, 1.54) is 0 Å². The minimum Gasteiger partial charge on any atom is -0.466 e. The topological polar surface area (TPSA) is 121 Å². The maximum Gasteiger partial charge on any atom is 0.413 e. The van der Waals surface area contributed by atoms with Crippen molar-refractivity contribution in [2.45, 2.75) is 73.3 Å². The van der Waals surface area contributed by atoms with Gasteiger partial charge in [-0.3, -0.25) is 20.3 Å². The normalized spacial score (nSPS) is 10.6. The fourth-order valence-corrected chi connectivity index (χ4v) is 3.92. The van der Waals surface area contributed by atoms with Crippen LogP contribution in [0.1, 0.15) is 76.1 Å². The van der Waals surface area contributed by atoms with Gasteiger partial charge in [0.05, 0.1) is 19.6 Å². The molecule has 0 fully saturated rings. The van der Waals surface area contributed by atoms with Gasteiger partial charge in [0, 0.05) is 35.5 Å². The van der Waals surface area contributed by atoms with Crippen molar-refractivity contribution in [3.05, 3.63) is 58.7 Å². The molecule has 0 aliphatic carbocycles. The summed E-state index contributed by atoms with van der Waals surface area (Å²) in [6, 6.07) is 11.1. The van der Waals surface area contributed by atoms with Crippen LogP contribution in [0, 0.1) is 31.1 Å². The Balaban J connectivity index is 2.01.